The van der Waals surface area contributed by atoms with Crippen molar-refractivity contribution >= 4 is 33.2 Å². The highest BCUT2D eigenvalue weighted by atomic mass is 35.5. The molecule has 2 unspecified atom stereocenters. The highest BCUT2D eigenvalue weighted by Gasteiger charge is 2.34. The molecule has 0 aliphatic carbocycles. The van der Waals surface area contributed by atoms with Gasteiger partial charge in [0.05, 0.1) is 14.9 Å². The predicted octanol–water partition coefficient (Wildman–Crippen LogP) is 2.74. The summed E-state index contributed by atoms with van der Waals surface area (Å²) in [5.74, 6) is 0.212. The zero-order valence-corrected chi connectivity index (χ0v) is 13.5. The second kappa shape index (κ2) is 6.20. The lowest BCUT2D eigenvalue weighted by molar-refractivity contribution is 0.211. The van der Waals surface area contributed by atoms with Gasteiger partial charge in [-0.3, -0.25) is 0 Å². The van der Waals surface area contributed by atoms with Gasteiger partial charge in [0, 0.05) is 12.6 Å². The second-order valence-corrected chi connectivity index (χ2v) is 7.88. The van der Waals surface area contributed by atoms with Crippen LogP contribution in [-0.4, -0.2) is 31.9 Å². The lowest BCUT2D eigenvalue weighted by Gasteiger charge is -2.36. The van der Waals surface area contributed by atoms with Crippen LogP contribution in [0.3, 0.4) is 0 Å². The number of nitrogens with two attached hydrogens (primary N) is 1. The van der Waals surface area contributed by atoms with Crippen molar-refractivity contribution in [3.05, 3.63) is 28.2 Å². The molecular weight excluding hydrogens is 319 g/mol. The highest BCUT2D eigenvalue weighted by molar-refractivity contribution is 7.89. The van der Waals surface area contributed by atoms with E-state index >= 15 is 0 Å². The lowest BCUT2D eigenvalue weighted by Crippen LogP contribution is -2.46. The van der Waals surface area contributed by atoms with E-state index < -0.39 is 10.0 Å². The first-order valence-electron chi connectivity index (χ1n) is 6.53. The van der Waals surface area contributed by atoms with Gasteiger partial charge in [0.1, 0.15) is 0 Å². The monoisotopic (exact) mass is 336 g/mol. The maximum atomic E-state index is 12.7. The zero-order valence-electron chi connectivity index (χ0n) is 11.2. The van der Waals surface area contributed by atoms with Gasteiger partial charge in [-0.15, -0.1) is 0 Å². The summed E-state index contributed by atoms with van der Waals surface area (Å²) in [6, 6.07) is 4.36. The Kier molecular flexibility index (Phi) is 4.97. The van der Waals surface area contributed by atoms with Gasteiger partial charge in [-0.2, -0.15) is 4.31 Å². The van der Waals surface area contributed by atoms with Crippen molar-refractivity contribution in [2.75, 3.05) is 13.1 Å². The van der Waals surface area contributed by atoms with Gasteiger partial charge in [0.2, 0.25) is 10.0 Å². The number of hydrogen-bond donors (Lipinski definition) is 1. The Balaban J connectivity index is 2.35. The number of halogens is 2. The number of nitrogens with zero attached hydrogens (tertiary/aromatic N) is 1. The molecule has 1 heterocycles. The van der Waals surface area contributed by atoms with E-state index in [2.05, 4.69) is 0 Å². The zero-order chi connectivity index (χ0) is 14.9. The molecule has 1 fully saturated rings. The quantitative estimate of drug-likeness (QED) is 0.922. The molecule has 1 aliphatic rings. The van der Waals surface area contributed by atoms with Crippen LogP contribution in [0.5, 0.6) is 0 Å². The van der Waals surface area contributed by atoms with Crippen molar-refractivity contribution < 1.29 is 8.42 Å². The van der Waals surface area contributed by atoms with E-state index in [0.717, 1.165) is 12.8 Å². The number of benzene rings is 1. The second-order valence-electron chi connectivity index (χ2n) is 5.18. The van der Waals surface area contributed by atoms with Crippen LogP contribution in [0.25, 0.3) is 0 Å². The average molecular weight is 337 g/mol. The van der Waals surface area contributed by atoms with E-state index in [-0.39, 0.29) is 21.9 Å². The Bertz CT molecular complexity index is 592. The molecular formula is C13H18Cl2N2O2S. The Morgan fingerprint density at radius 2 is 2.00 bits per heavy atom. The fourth-order valence-electron chi connectivity index (χ4n) is 2.45. The van der Waals surface area contributed by atoms with Gasteiger partial charge in [0.25, 0.3) is 0 Å². The molecule has 7 heteroatoms. The van der Waals surface area contributed by atoms with Crippen molar-refractivity contribution in [2.24, 2.45) is 11.7 Å². The third-order valence-corrected chi connectivity index (χ3v) is 6.47. The van der Waals surface area contributed by atoms with Crippen LogP contribution in [0.2, 0.25) is 10.0 Å². The van der Waals surface area contributed by atoms with Gasteiger partial charge >= 0.3 is 0 Å². The molecule has 0 bridgehead atoms. The largest absolute Gasteiger partial charge is 0.330 e. The molecule has 2 rings (SSSR count). The van der Waals surface area contributed by atoms with Gasteiger partial charge in [0.15, 0.2) is 0 Å². The molecule has 0 aromatic heterocycles. The maximum Gasteiger partial charge on any atom is 0.243 e. The van der Waals surface area contributed by atoms with Crippen LogP contribution in [0.1, 0.15) is 19.8 Å². The minimum Gasteiger partial charge on any atom is -0.330 e. The molecule has 0 spiro atoms. The summed E-state index contributed by atoms with van der Waals surface area (Å²) in [7, 11) is -3.56. The van der Waals surface area contributed by atoms with Crippen molar-refractivity contribution in [3.63, 3.8) is 0 Å². The molecule has 2 N–H and O–H groups in total. The molecule has 0 radical (unpaired) electrons. The summed E-state index contributed by atoms with van der Waals surface area (Å²) in [6.45, 7) is 2.88. The minimum absolute atomic E-state index is 0.0303. The summed E-state index contributed by atoms with van der Waals surface area (Å²) in [5.41, 5.74) is 5.68. The minimum atomic E-state index is -3.56. The van der Waals surface area contributed by atoms with Crippen LogP contribution in [0.4, 0.5) is 0 Å². The third-order valence-electron chi connectivity index (χ3n) is 3.75. The summed E-state index contributed by atoms with van der Waals surface area (Å²) in [4.78, 5) is 0.177. The first-order valence-corrected chi connectivity index (χ1v) is 8.73. The standard InChI is InChI=1S/C13H18Cl2N2O2S/c1-9-2-3-10(7-16)8-17(9)20(18,19)11-4-5-12(14)13(15)6-11/h4-6,9-10H,2-3,7-8,16H2,1H3. The molecule has 2 atom stereocenters. The van der Waals surface area contributed by atoms with Crippen molar-refractivity contribution in [1.82, 2.24) is 4.31 Å². The van der Waals surface area contributed by atoms with Crippen LogP contribution >= 0.6 is 23.2 Å². The van der Waals surface area contributed by atoms with Crippen LogP contribution in [0, 0.1) is 5.92 Å². The summed E-state index contributed by atoms with van der Waals surface area (Å²) in [6.07, 6.45) is 1.79. The number of hydrogen-bond acceptors (Lipinski definition) is 3. The molecule has 0 saturated carbocycles. The lowest BCUT2D eigenvalue weighted by atomic mass is 9.96. The van der Waals surface area contributed by atoms with E-state index in [1.807, 2.05) is 6.92 Å². The fraction of sp³-hybridized carbons (Fsp3) is 0.538. The van der Waals surface area contributed by atoms with E-state index in [4.69, 9.17) is 28.9 Å². The molecule has 1 aromatic carbocycles. The van der Waals surface area contributed by atoms with Crippen LogP contribution in [0.15, 0.2) is 23.1 Å². The summed E-state index contributed by atoms with van der Waals surface area (Å²) >= 11 is 11.8. The normalized spacial score (nSPS) is 24.8. The topological polar surface area (TPSA) is 63.4 Å². The third kappa shape index (κ3) is 3.12. The van der Waals surface area contributed by atoms with E-state index in [1.54, 1.807) is 0 Å². The SMILES string of the molecule is CC1CCC(CN)CN1S(=O)(=O)c1ccc(Cl)c(Cl)c1. The number of piperidine rings is 1. The van der Waals surface area contributed by atoms with E-state index in [0.29, 0.717) is 18.1 Å². The van der Waals surface area contributed by atoms with Crippen LogP contribution < -0.4 is 5.73 Å². The average Bonchev–Trinajstić information content (AvgIpc) is 2.42. The van der Waals surface area contributed by atoms with Crippen LogP contribution in [-0.2, 0) is 10.0 Å². The first-order chi connectivity index (χ1) is 9.36. The van der Waals surface area contributed by atoms with Gasteiger partial charge < -0.3 is 5.73 Å². The first kappa shape index (κ1) is 16.0. The van der Waals surface area contributed by atoms with Crippen molar-refractivity contribution in [1.29, 1.82) is 0 Å². The fourth-order valence-corrected chi connectivity index (χ4v) is 4.57. The highest BCUT2D eigenvalue weighted by Crippen LogP contribution is 2.30. The molecule has 1 aromatic rings. The smallest absolute Gasteiger partial charge is 0.243 e. The molecule has 4 nitrogen and oxygen atoms in total. The van der Waals surface area contributed by atoms with Gasteiger partial charge in [-0.05, 0) is 50.4 Å². The molecule has 1 saturated heterocycles. The Hall–Kier alpha value is -0.330. The molecule has 1 aliphatic heterocycles. The van der Waals surface area contributed by atoms with E-state index in [9.17, 15) is 8.42 Å². The summed E-state index contributed by atoms with van der Waals surface area (Å²) < 4.78 is 26.9. The Morgan fingerprint density at radius 1 is 1.30 bits per heavy atom. The van der Waals surface area contributed by atoms with Gasteiger partial charge in [-0.25, -0.2) is 8.42 Å². The van der Waals surface area contributed by atoms with Crippen molar-refractivity contribution in [3.8, 4) is 0 Å². The number of sulfonamides is 1. The summed E-state index contributed by atoms with van der Waals surface area (Å²) in [5, 5.41) is 0.588. The maximum absolute atomic E-state index is 12.7. The predicted molar refractivity (Wildman–Crippen MR) is 81.6 cm³/mol. The Morgan fingerprint density at radius 3 is 2.60 bits per heavy atom. The molecule has 112 valence electrons. The van der Waals surface area contributed by atoms with Crippen molar-refractivity contribution in [2.45, 2.75) is 30.7 Å². The van der Waals surface area contributed by atoms with Gasteiger partial charge in [-0.1, -0.05) is 23.2 Å². The molecule has 0 amide bonds. The number of rotatable bonds is 3. The Labute approximate surface area is 129 Å². The van der Waals surface area contributed by atoms with E-state index in [1.165, 1.54) is 22.5 Å². The molecule has 20 heavy (non-hydrogen) atoms.